The van der Waals surface area contributed by atoms with Crippen molar-refractivity contribution in [2.75, 3.05) is 0 Å². The third kappa shape index (κ3) is 2.22. The van der Waals surface area contributed by atoms with Gasteiger partial charge in [-0.2, -0.15) is 0 Å². The van der Waals surface area contributed by atoms with E-state index in [2.05, 4.69) is 31.3 Å². The Morgan fingerprint density at radius 3 is 2.58 bits per heavy atom. The van der Waals surface area contributed by atoms with Crippen LogP contribution in [0, 0.1) is 11.8 Å². The minimum absolute atomic E-state index is 0.00680. The Hall–Kier alpha value is -1.05. The molecule has 2 atom stereocenters. The Bertz CT molecular complexity index is 240. The minimum Gasteiger partial charge on any atom is -0.327 e. The van der Waals surface area contributed by atoms with E-state index in [-0.39, 0.29) is 5.91 Å². The molecule has 1 N–H and O–H groups in total. The topological polar surface area (TPSA) is 29.1 Å². The van der Waals surface area contributed by atoms with Gasteiger partial charge in [0.05, 0.1) is 0 Å². The monoisotopic (exact) mass is 165 g/mol. The summed E-state index contributed by atoms with van der Waals surface area (Å²) in [6, 6.07) is 0. The maximum Gasteiger partial charge on any atom is 0.221 e. The van der Waals surface area contributed by atoms with Gasteiger partial charge in [-0.05, 0) is 17.9 Å². The number of allylic oxidation sites excluding steroid dienone is 3. The second-order valence-electron chi connectivity index (χ2n) is 3.38. The molecule has 0 radical (unpaired) electrons. The Morgan fingerprint density at radius 2 is 2.08 bits per heavy atom. The highest BCUT2D eigenvalue weighted by Crippen LogP contribution is 2.20. The summed E-state index contributed by atoms with van der Waals surface area (Å²) in [7, 11) is 0. The molecular formula is C10H15NO. The zero-order valence-corrected chi connectivity index (χ0v) is 7.79. The summed E-state index contributed by atoms with van der Waals surface area (Å²) in [6.07, 6.45) is 6.17. The van der Waals surface area contributed by atoms with Crippen molar-refractivity contribution in [1.82, 2.24) is 5.32 Å². The van der Waals surface area contributed by atoms with Crippen LogP contribution in [0.15, 0.2) is 23.9 Å². The van der Waals surface area contributed by atoms with Gasteiger partial charge < -0.3 is 5.32 Å². The molecule has 0 unspecified atom stereocenters. The molecule has 2 nitrogen and oxygen atoms in total. The molecule has 0 bridgehead atoms. The summed E-state index contributed by atoms with van der Waals surface area (Å²) in [5.74, 6) is 1.08. The van der Waals surface area contributed by atoms with Gasteiger partial charge in [-0.15, -0.1) is 0 Å². The Morgan fingerprint density at radius 1 is 1.42 bits per heavy atom. The predicted octanol–water partition coefficient (Wildman–Crippen LogP) is 1.85. The predicted molar refractivity (Wildman–Crippen MR) is 49.4 cm³/mol. The number of hydrogen-bond donors (Lipinski definition) is 1. The van der Waals surface area contributed by atoms with Crippen molar-refractivity contribution in [2.24, 2.45) is 11.8 Å². The molecule has 0 saturated heterocycles. The van der Waals surface area contributed by atoms with E-state index in [1.165, 1.54) is 6.92 Å². The Kier molecular flexibility index (Phi) is 2.69. The number of nitrogens with one attached hydrogen (secondary N) is 1. The number of carbonyl (C=O) groups excluding carboxylic acids is 1. The van der Waals surface area contributed by atoms with E-state index >= 15 is 0 Å². The highest BCUT2D eigenvalue weighted by molar-refractivity contribution is 5.75. The van der Waals surface area contributed by atoms with Gasteiger partial charge in [0.1, 0.15) is 0 Å². The summed E-state index contributed by atoms with van der Waals surface area (Å²) in [5.41, 5.74) is 0.924. The lowest BCUT2D eigenvalue weighted by Gasteiger charge is -2.18. The molecule has 0 heterocycles. The normalized spacial score (nSPS) is 28.1. The molecule has 0 aromatic rings. The standard InChI is InChI=1S/C10H15NO/c1-7-4-5-10(6-8(7)2)11-9(3)12/h4-8H,1-3H3,(H,11,12)/t7-,8+/m0/s1. The van der Waals surface area contributed by atoms with Crippen molar-refractivity contribution in [3.8, 4) is 0 Å². The molecule has 1 aliphatic rings. The van der Waals surface area contributed by atoms with Crippen LogP contribution in [0.25, 0.3) is 0 Å². The smallest absolute Gasteiger partial charge is 0.221 e. The molecule has 1 amide bonds. The van der Waals surface area contributed by atoms with Crippen LogP contribution >= 0.6 is 0 Å². The van der Waals surface area contributed by atoms with Crippen molar-refractivity contribution in [3.63, 3.8) is 0 Å². The quantitative estimate of drug-likeness (QED) is 0.631. The Balaban J connectivity index is 2.63. The third-order valence-corrected chi connectivity index (χ3v) is 2.17. The molecule has 0 spiro atoms. The molecule has 1 aliphatic carbocycles. The fourth-order valence-electron chi connectivity index (χ4n) is 1.21. The first kappa shape index (κ1) is 9.04. The van der Waals surface area contributed by atoms with Gasteiger partial charge in [0.25, 0.3) is 0 Å². The first-order valence-corrected chi connectivity index (χ1v) is 4.27. The molecule has 2 heteroatoms. The van der Waals surface area contributed by atoms with Crippen LogP contribution in [0.4, 0.5) is 0 Å². The van der Waals surface area contributed by atoms with Crippen molar-refractivity contribution in [2.45, 2.75) is 20.8 Å². The van der Waals surface area contributed by atoms with Gasteiger partial charge in [-0.3, -0.25) is 4.79 Å². The lowest BCUT2D eigenvalue weighted by Crippen LogP contribution is -2.21. The molecular weight excluding hydrogens is 150 g/mol. The molecule has 66 valence electrons. The van der Waals surface area contributed by atoms with E-state index in [0.29, 0.717) is 11.8 Å². The van der Waals surface area contributed by atoms with Crippen molar-refractivity contribution >= 4 is 5.91 Å². The van der Waals surface area contributed by atoms with Crippen molar-refractivity contribution < 1.29 is 4.79 Å². The largest absolute Gasteiger partial charge is 0.327 e. The van der Waals surface area contributed by atoms with Crippen LogP contribution in [-0.2, 0) is 4.79 Å². The van der Waals surface area contributed by atoms with E-state index in [4.69, 9.17) is 0 Å². The fourth-order valence-corrected chi connectivity index (χ4v) is 1.21. The molecule has 0 saturated carbocycles. The van der Waals surface area contributed by atoms with Gasteiger partial charge in [0.2, 0.25) is 5.91 Å². The van der Waals surface area contributed by atoms with Crippen LogP contribution in [-0.4, -0.2) is 5.91 Å². The van der Waals surface area contributed by atoms with Crippen LogP contribution in [0.5, 0.6) is 0 Å². The molecule has 0 aromatic heterocycles. The summed E-state index contributed by atoms with van der Waals surface area (Å²) in [4.78, 5) is 10.7. The highest BCUT2D eigenvalue weighted by Gasteiger charge is 2.11. The lowest BCUT2D eigenvalue weighted by atomic mass is 9.91. The van der Waals surface area contributed by atoms with Gasteiger partial charge >= 0.3 is 0 Å². The maximum atomic E-state index is 10.7. The van der Waals surface area contributed by atoms with Gasteiger partial charge in [0.15, 0.2) is 0 Å². The number of rotatable bonds is 1. The first-order valence-electron chi connectivity index (χ1n) is 4.27. The van der Waals surface area contributed by atoms with E-state index in [1.807, 2.05) is 6.08 Å². The second kappa shape index (κ2) is 3.57. The highest BCUT2D eigenvalue weighted by atomic mass is 16.1. The Labute approximate surface area is 73.4 Å². The minimum atomic E-state index is -0.00680. The zero-order chi connectivity index (χ0) is 9.14. The van der Waals surface area contributed by atoms with Crippen LogP contribution in [0.1, 0.15) is 20.8 Å². The van der Waals surface area contributed by atoms with Gasteiger partial charge in [-0.25, -0.2) is 0 Å². The molecule has 0 aromatic carbocycles. The number of amides is 1. The van der Waals surface area contributed by atoms with E-state index < -0.39 is 0 Å². The SMILES string of the molecule is CC(=O)NC1=C[C@@H](C)[C@@H](C)C=C1. The molecule has 0 aliphatic heterocycles. The zero-order valence-electron chi connectivity index (χ0n) is 7.79. The summed E-state index contributed by atoms with van der Waals surface area (Å²) in [6.45, 7) is 5.84. The summed E-state index contributed by atoms with van der Waals surface area (Å²) < 4.78 is 0. The first-order chi connectivity index (χ1) is 5.59. The summed E-state index contributed by atoms with van der Waals surface area (Å²) in [5, 5.41) is 2.77. The van der Waals surface area contributed by atoms with Gasteiger partial charge in [-0.1, -0.05) is 26.0 Å². The van der Waals surface area contributed by atoms with Crippen molar-refractivity contribution in [1.29, 1.82) is 0 Å². The van der Waals surface area contributed by atoms with Crippen LogP contribution in [0.3, 0.4) is 0 Å². The third-order valence-electron chi connectivity index (χ3n) is 2.17. The molecule has 12 heavy (non-hydrogen) atoms. The average Bonchev–Trinajstić information content (AvgIpc) is 1.96. The summed E-state index contributed by atoms with van der Waals surface area (Å²) >= 11 is 0. The maximum absolute atomic E-state index is 10.7. The molecule has 0 fully saturated rings. The van der Waals surface area contributed by atoms with Crippen molar-refractivity contribution in [3.05, 3.63) is 23.9 Å². The number of carbonyl (C=O) groups is 1. The lowest BCUT2D eigenvalue weighted by molar-refractivity contribution is -0.118. The second-order valence-corrected chi connectivity index (χ2v) is 3.38. The molecule has 1 rings (SSSR count). The van der Waals surface area contributed by atoms with E-state index in [1.54, 1.807) is 0 Å². The number of hydrogen-bond acceptors (Lipinski definition) is 1. The average molecular weight is 165 g/mol. The van der Waals surface area contributed by atoms with E-state index in [9.17, 15) is 4.79 Å². The fraction of sp³-hybridized carbons (Fsp3) is 0.500. The van der Waals surface area contributed by atoms with Gasteiger partial charge in [0, 0.05) is 12.6 Å². The van der Waals surface area contributed by atoms with E-state index in [0.717, 1.165) is 5.70 Å². The van der Waals surface area contributed by atoms with Crippen LogP contribution in [0.2, 0.25) is 0 Å². The van der Waals surface area contributed by atoms with Crippen LogP contribution < -0.4 is 5.32 Å².